The molecule has 2 unspecified atom stereocenters. The van der Waals surface area contributed by atoms with Crippen molar-refractivity contribution in [3.8, 4) is 0 Å². The number of esters is 1. The van der Waals surface area contributed by atoms with E-state index in [1.54, 1.807) is 24.8 Å². The first-order chi connectivity index (χ1) is 20.5. The minimum absolute atomic E-state index is 0.167. The van der Waals surface area contributed by atoms with Crippen LogP contribution in [0.3, 0.4) is 0 Å². The van der Waals surface area contributed by atoms with Crippen LogP contribution in [-0.4, -0.2) is 71.8 Å². The number of ether oxygens (including phenoxy) is 1. The van der Waals surface area contributed by atoms with Crippen molar-refractivity contribution in [2.75, 3.05) is 33.3 Å². The lowest BCUT2D eigenvalue weighted by Gasteiger charge is -2.38. The van der Waals surface area contributed by atoms with E-state index in [2.05, 4.69) is 27.7 Å². The van der Waals surface area contributed by atoms with Gasteiger partial charge >= 0.3 is 5.97 Å². The molecule has 2 aliphatic rings. The molecule has 0 spiro atoms. The molecule has 2 aliphatic heterocycles. The molecule has 0 aromatic heterocycles. The highest BCUT2D eigenvalue weighted by atomic mass is 16.6. The maximum Gasteiger partial charge on any atom is 0.336 e. The highest BCUT2D eigenvalue weighted by molar-refractivity contribution is 6.03. The van der Waals surface area contributed by atoms with E-state index in [0.29, 0.717) is 30.0 Å². The molecule has 0 saturated carbocycles. The molecule has 43 heavy (non-hydrogen) atoms. The van der Waals surface area contributed by atoms with Crippen molar-refractivity contribution in [2.45, 2.75) is 46.2 Å². The molecule has 1 saturated heterocycles. The molecule has 0 aliphatic carbocycles. The topological polar surface area (TPSA) is 134 Å². The van der Waals surface area contributed by atoms with Crippen LogP contribution in [0.5, 0.6) is 0 Å². The van der Waals surface area contributed by atoms with E-state index in [1.807, 2.05) is 32.0 Å². The zero-order valence-corrected chi connectivity index (χ0v) is 25.3. The normalized spacial score (nSPS) is 18.3. The third-order valence-electron chi connectivity index (χ3n) is 7.98. The Morgan fingerprint density at radius 2 is 1.65 bits per heavy atom. The predicted octanol–water partition coefficient (Wildman–Crippen LogP) is 3.49. The smallest absolute Gasteiger partial charge is 0.336 e. The summed E-state index contributed by atoms with van der Waals surface area (Å²) < 4.78 is 5.05. The molecule has 2 aromatic carbocycles. The van der Waals surface area contributed by atoms with Crippen LogP contribution < -0.4 is 10.6 Å². The first-order valence-electron chi connectivity index (χ1n) is 14.4. The van der Waals surface area contributed by atoms with E-state index >= 15 is 0 Å². The Hall–Kier alpha value is -4.51. The lowest BCUT2D eigenvalue weighted by molar-refractivity contribution is -0.384. The van der Waals surface area contributed by atoms with E-state index in [-0.39, 0.29) is 28.7 Å². The molecule has 2 N–H and O–H groups in total. The van der Waals surface area contributed by atoms with Gasteiger partial charge in [-0.05, 0) is 30.9 Å². The van der Waals surface area contributed by atoms with Gasteiger partial charge in [0.2, 0.25) is 5.91 Å². The van der Waals surface area contributed by atoms with Gasteiger partial charge in [-0.3, -0.25) is 24.6 Å². The number of dihydropyridines is 1. The number of nitro groups is 1. The van der Waals surface area contributed by atoms with Crippen LogP contribution >= 0.6 is 0 Å². The highest BCUT2D eigenvalue weighted by Gasteiger charge is 2.39. The van der Waals surface area contributed by atoms with Crippen LogP contribution in [0.2, 0.25) is 0 Å². The summed E-state index contributed by atoms with van der Waals surface area (Å²) >= 11 is 0. The molecule has 2 atom stereocenters. The number of non-ortho nitro benzene ring substituents is 1. The number of nitrogens with one attached hydrogen (secondary N) is 2. The zero-order chi connectivity index (χ0) is 31.3. The molecular weight excluding hydrogens is 550 g/mol. The minimum Gasteiger partial charge on any atom is -0.466 e. The maximum atomic E-state index is 14.0. The van der Waals surface area contributed by atoms with Crippen LogP contribution in [0.1, 0.15) is 44.7 Å². The van der Waals surface area contributed by atoms with E-state index in [4.69, 9.17) is 4.74 Å². The Morgan fingerprint density at radius 3 is 2.26 bits per heavy atom. The van der Waals surface area contributed by atoms with Crippen molar-refractivity contribution in [1.29, 1.82) is 0 Å². The summed E-state index contributed by atoms with van der Waals surface area (Å²) in [7, 11) is 1.24. The number of allylic oxidation sites excluding steroid dienone is 2. The molecule has 1 fully saturated rings. The molecular formula is C32H39N5O6. The minimum atomic E-state index is -0.946. The van der Waals surface area contributed by atoms with Crippen molar-refractivity contribution < 1.29 is 24.0 Å². The SMILES string of the molecule is COC(=O)C1=C(C)NC(C)=C(C(=O)NC(C(=O)N2CCN(Cc3ccccc3)CC2)C(C)C)C1c1cccc([N+](=O)[O-])c1. The number of benzene rings is 2. The van der Waals surface area contributed by atoms with Gasteiger partial charge in [-0.1, -0.05) is 56.3 Å². The number of hydrogen-bond acceptors (Lipinski definition) is 8. The Labute approximate surface area is 251 Å². The maximum absolute atomic E-state index is 14.0. The lowest BCUT2D eigenvalue weighted by Crippen LogP contribution is -2.56. The molecule has 228 valence electrons. The molecule has 11 nitrogen and oxygen atoms in total. The third kappa shape index (κ3) is 7.11. The number of nitro benzene ring substituents is 1. The summed E-state index contributed by atoms with van der Waals surface area (Å²) in [6.45, 7) is 10.5. The van der Waals surface area contributed by atoms with Gasteiger partial charge in [-0.15, -0.1) is 0 Å². The Balaban J connectivity index is 1.57. The highest BCUT2D eigenvalue weighted by Crippen LogP contribution is 2.39. The first-order valence-corrected chi connectivity index (χ1v) is 14.4. The van der Waals surface area contributed by atoms with Crippen molar-refractivity contribution in [3.05, 3.63) is 98.4 Å². The summed E-state index contributed by atoms with van der Waals surface area (Å²) in [6.07, 6.45) is 0. The fourth-order valence-electron chi connectivity index (χ4n) is 5.72. The second kappa shape index (κ2) is 13.6. The second-order valence-corrected chi connectivity index (χ2v) is 11.3. The summed E-state index contributed by atoms with van der Waals surface area (Å²) in [4.78, 5) is 55.9. The molecule has 0 bridgehead atoms. The lowest BCUT2D eigenvalue weighted by atomic mass is 9.79. The van der Waals surface area contributed by atoms with E-state index < -0.39 is 28.8 Å². The third-order valence-corrected chi connectivity index (χ3v) is 7.98. The van der Waals surface area contributed by atoms with Crippen molar-refractivity contribution in [3.63, 3.8) is 0 Å². The standard InChI is InChI=1S/C32H39N5O6/c1-20(2)29(31(39)36-16-14-35(15-17-36)19-23-10-7-6-8-11-23)34-30(38)26-21(3)33-22(4)27(32(40)43-5)28(26)24-12-9-13-25(18-24)37(41)42/h6-13,18,20,28-29,33H,14-17,19H2,1-5H3,(H,34,38). The second-order valence-electron chi connectivity index (χ2n) is 11.3. The molecule has 2 heterocycles. The number of amides is 2. The Bertz CT molecular complexity index is 1440. The van der Waals surface area contributed by atoms with Gasteiger partial charge in [-0.2, -0.15) is 0 Å². The van der Waals surface area contributed by atoms with Gasteiger partial charge in [0.25, 0.3) is 11.6 Å². The quantitative estimate of drug-likeness (QED) is 0.258. The van der Waals surface area contributed by atoms with Gasteiger partial charge in [0, 0.05) is 61.8 Å². The fraction of sp³-hybridized carbons (Fsp3) is 0.406. The van der Waals surface area contributed by atoms with Gasteiger partial charge in [0.05, 0.1) is 23.5 Å². The Morgan fingerprint density at radius 1 is 1.00 bits per heavy atom. The Kier molecular flexibility index (Phi) is 9.97. The molecule has 0 radical (unpaired) electrons. The number of carbonyl (C=O) groups excluding carboxylic acids is 3. The van der Waals surface area contributed by atoms with Crippen molar-refractivity contribution in [2.24, 2.45) is 5.92 Å². The van der Waals surface area contributed by atoms with Crippen LogP contribution in [0.15, 0.2) is 77.1 Å². The van der Waals surface area contributed by atoms with E-state index in [1.165, 1.54) is 30.9 Å². The summed E-state index contributed by atoms with van der Waals surface area (Å²) in [5.74, 6) is -2.53. The van der Waals surface area contributed by atoms with Crippen molar-refractivity contribution in [1.82, 2.24) is 20.4 Å². The number of nitrogens with zero attached hydrogens (tertiary/aromatic N) is 3. The number of piperazine rings is 1. The molecule has 11 heteroatoms. The average Bonchev–Trinajstić information content (AvgIpc) is 2.99. The predicted molar refractivity (Wildman–Crippen MR) is 161 cm³/mol. The summed E-state index contributed by atoms with van der Waals surface area (Å²) in [5, 5.41) is 17.6. The van der Waals surface area contributed by atoms with Gasteiger partial charge in [-0.25, -0.2) is 4.79 Å². The van der Waals surface area contributed by atoms with Crippen molar-refractivity contribution >= 4 is 23.5 Å². The van der Waals surface area contributed by atoms with E-state index in [0.717, 1.165) is 19.6 Å². The van der Waals surface area contributed by atoms with Gasteiger partial charge < -0.3 is 20.3 Å². The van der Waals surface area contributed by atoms with Crippen LogP contribution in [0.25, 0.3) is 0 Å². The summed E-state index contributed by atoms with van der Waals surface area (Å²) in [5.41, 5.74) is 2.75. The molecule has 2 amide bonds. The van der Waals surface area contributed by atoms with Crippen LogP contribution in [-0.2, 0) is 25.7 Å². The van der Waals surface area contributed by atoms with Gasteiger partial charge in [0.15, 0.2) is 0 Å². The molecule has 4 rings (SSSR count). The molecule has 2 aromatic rings. The summed E-state index contributed by atoms with van der Waals surface area (Å²) in [6, 6.07) is 15.2. The van der Waals surface area contributed by atoms with Gasteiger partial charge in [0.1, 0.15) is 6.04 Å². The monoisotopic (exact) mass is 589 g/mol. The average molecular weight is 590 g/mol. The number of carbonyl (C=O) groups is 3. The first kappa shape index (κ1) is 31.4. The van der Waals surface area contributed by atoms with Crippen LogP contribution in [0.4, 0.5) is 5.69 Å². The largest absolute Gasteiger partial charge is 0.466 e. The number of methoxy groups -OCH3 is 1. The number of hydrogen-bond donors (Lipinski definition) is 2. The zero-order valence-electron chi connectivity index (χ0n) is 25.3. The van der Waals surface area contributed by atoms with Crippen LogP contribution in [0, 0.1) is 16.0 Å². The fourth-order valence-corrected chi connectivity index (χ4v) is 5.72. The number of rotatable bonds is 9. The van der Waals surface area contributed by atoms with E-state index in [9.17, 15) is 24.5 Å².